The molecule has 0 fully saturated rings. The van der Waals surface area contributed by atoms with E-state index in [2.05, 4.69) is 28.6 Å². The Labute approximate surface area is 166 Å². The monoisotopic (exact) mass is 402 g/mol. The lowest BCUT2D eigenvalue weighted by Crippen LogP contribution is -2.40. The molecule has 4 heterocycles. The third-order valence-corrected chi connectivity index (χ3v) is 7.06. The number of amides is 1. The van der Waals surface area contributed by atoms with Crippen LogP contribution in [0.4, 0.5) is 0 Å². The Morgan fingerprint density at radius 2 is 2.26 bits per heavy atom. The second kappa shape index (κ2) is 7.52. The number of carbonyl (C=O) groups is 1. The van der Waals surface area contributed by atoms with Crippen LogP contribution in [0.1, 0.15) is 35.6 Å². The number of thioether (sulfide) groups is 1. The Hall–Kier alpha value is -2.06. The first-order valence-corrected chi connectivity index (χ1v) is 10.9. The molecule has 0 N–H and O–H groups in total. The maximum atomic E-state index is 12.9. The molecule has 0 spiro atoms. The molecule has 3 aromatic rings. The molecule has 0 radical (unpaired) electrons. The van der Waals surface area contributed by atoms with Gasteiger partial charge in [-0.25, -0.2) is 0 Å². The maximum absolute atomic E-state index is 12.9. The van der Waals surface area contributed by atoms with E-state index in [0.717, 1.165) is 41.7 Å². The quantitative estimate of drug-likeness (QED) is 0.602. The van der Waals surface area contributed by atoms with Crippen LogP contribution < -0.4 is 0 Å². The maximum Gasteiger partial charge on any atom is 0.233 e. The van der Waals surface area contributed by atoms with Gasteiger partial charge in [-0.15, -0.1) is 21.5 Å². The van der Waals surface area contributed by atoms with E-state index >= 15 is 0 Å². The zero-order valence-corrected chi connectivity index (χ0v) is 17.3. The highest BCUT2D eigenvalue weighted by molar-refractivity contribution is 7.99. The predicted octanol–water partition coefficient (Wildman–Crippen LogP) is 4.07. The average molecular weight is 403 g/mol. The van der Waals surface area contributed by atoms with Crippen LogP contribution in [0.25, 0.3) is 11.4 Å². The second-order valence-electron chi connectivity index (χ2n) is 6.60. The van der Waals surface area contributed by atoms with Crippen molar-refractivity contribution in [1.82, 2.24) is 19.7 Å². The van der Waals surface area contributed by atoms with Crippen molar-refractivity contribution >= 4 is 29.0 Å². The molecule has 0 saturated heterocycles. The molecule has 1 amide bonds. The summed E-state index contributed by atoms with van der Waals surface area (Å²) in [4.78, 5) is 16.4. The molecule has 1 unspecified atom stereocenters. The highest BCUT2D eigenvalue weighted by Crippen LogP contribution is 2.36. The van der Waals surface area contributed by atoms with Gasteiger partial charge >= 0.3 is 0 Å². The summed E-state index contributed by atoms with van der Waals surface area (Å²) in [6.07, 6.45) is 3.54. The Morgan fingerprint density at radius 3 is 3.00 bits per heavy atom. The smallest absolute Gasteiger partial charge is 0.233 e. The second-order valence-corrected chi connectivity index (χ2v) is 8.55. The molecule has 1 aliphatic rings. The minimum absolute atomic E-state index is 0.160. The fraction of sp³-hybridized carbons (Fsp3) is 0.421. The van der Waals surface area contributed by atoms with Crippen LogP contribution >= 0.6 is 23.1 Å². The molecule has 0 aliphatic carbocycles. The van der Waals surface area contributed by atoms with Gasteiger partial charge in [0, 0.05) is 18.5 Å². The summed E-state index contributed by atoms with van der Waals surface area (Å²) in [5, 5.41) is 11.4. The number of rotatable bonds is 5. The van der Waals surface area contributed by atoms with E-state index in [4.69, 9.17) is 4.42 Å². The van der Waals surface area contributed by atoms with Crippen molar-refractivity contribution in [3.8, 4) is 11.4 Å². The molecule has 0 bridgehead atoms. The zero-order chi connectivity index (χ0) is 19.0. The van der Waals surface area contributed by atoms with E-state index in [0.29, 0.717) is 5.75 Å². The fourth-order valence-electron chi connectivity index (χ4n) is 3.64. The zero-order valence-electron chi connectivity index (χ0n) is 15.6. The van der Waals surface area contributed by atoms with Gasteiger partial charge in [-0.3, -0.25) is 4.79 Å². The van der Waals surface area contributed by atoms with E-state index < -0.39 is 0 Å². The molecule has 1 atom stereocenters. The molecule has 4 rings (SSSR count). The number of thiophene rings is 1. The lowest BCUT2D eigenvalue weighted by atomic mass is 9.98. The van der Waals surface area contributed by atoms with E-state index in [1.165, 1.54) is 22.2 Å². The highest BCUT2D eigenvalue weighted by Gasteiger charge is 2.30. The number of hydrogen-bond acceptors (Lipinski definition) is 6. The van der Waals surface area contributed by atoms with Crippen LogP contribution in [0.2, 0.25) is 0 Å². The Morgan fingerprint density at radius 1 is 1.41 bits per heavy atom. The predicted molar refractivity (Wildman–Crippen MR) is 107 cm³/mol. The lowest BCUT2D eigenvalue weighted by Gasteiger charge is -2.35. The largest absolute Gasteiger partial charge is 0.469 e. The molecule has 1 aliphatic heterocycles. The van der Waals surface area contributed by atoms with Crippen molar-refractivity contribution in [2.45, 2.75) is 37.9 Å². The number of fused-ring (bicyclic) bond motifs is 1. The first-order valence-electron chi connectivity index (χ1n) is 9.02. The van der Waals surface area contributed by atoms with E-state index in [1.54, 1.807) is 17.6 Å². The third-order valence-electron chi connectivity index (χ3n) is 5.06. The molecular formula is C19H22N4O2S2. The van der Waals surface area contributed by atoms with Gasteiger partial charge in [0.1, 0.15) is 5.76 Å². The summed E-state index contributed by atoms with van der Waals surface area (Å²) in [5.41, 5.74) is 2.25. The topological polar surface area (TPSA) is 64.2 Å². The standard InChI is InChI=1S/C19H22N4O2S2/c1-4-15-14-7-10-26-16(14)5-8-23(15)17(24)11-27-19-21-20-18(22(19)3)13-6-9-25-12(13)2/h6-7,9-10,15H,4-5,8,11H2,1-3H3. The first kappa shape index (κ1) is 18.3. The SMILES string of the molecule is CCC1c2ccsc2CCN1C(=O)CSc1nnc(-c2ccoc2C)n1C. The Bertz CT molecular complexity index is 959. The van der Waals surface area contributed by atoms with Crippen molar-refractivity contribution in [3.63, 3.8) is 0 Å². The van der Waals surface area contributed by atoms with Crippen molar-refractivity contribution < 1.29 is 9.21 Å². The van der Waals surface area contributed by atoms with Crippen molar-refractivity contribution in [1.29, 1.82) is 0 Å². The molecular weight excluding hydrogens is 380 g/mol. The van der Waals surface area contributed by atoms with Gasteiger partial charge in [-0.2, -0.15) is 0 Å². The summed E-state index contributed by atoms with van der Waals surface area (Å²) < 4.78 is 7.28. The minimum atomic E-state index is 0.160. The third kappa shape index (κ3) is 3.32. The van der Waals surface area contributed by atoms with Crippen LogP contribution in [0.15, 0.2) is 33.3 Å². The number of nitrogens with zero attached hydrogens (tertiary/aromatic N) is 4. The van der Waals surface area contributed by atoms with Crippen LogP contribution in [0.5, 0.6) is 0 Å². The Kier molecular flexibility index (Phi) is 5.10. The minimum Gasteiger partial charge on any atom is -0.469 e. The number of hydrogen-bond donors (Lipinski definition) is 0. The van der Waals surface area contributed by atoms with Gasteiger partial charge in [0.05, 0.1) is 23.6 Å². The lowest BCUT2D eigenvalue weighted by molar-refractivity contribution is -0.131. The summed E-state index contributed by atoms with van der Waals surface area (Å²) in [6, 6.07) is 4.25. The summed E-state index contributed by atoms with van der Waals surface area (Å²) in [5.74, 6) is 2.09. The van der Waals surface area contributed by atoms with Crippen LogP contribution in [0.3, 0.4) is 0 Å². The number of aryl methyl sites for hydroxylation is 1. The molecule has 0 aromatic carbocycles. The normalized spacial score (nSPS) is 16.6. The van der Waals surface area contributed by atoms with Gasteiger partial charge < -0.3 is 13.9 Å². The first-order chi connectivity index (χ1) is 13.1. The molecule has 142 valence electrons. The van der Waals surface area contributed by atoms with Crippen molar-refractivity contribution in [2.75, 3.05) is 12.3 Å². The number of aromatic nitrogens is 3. The summed E-state index contributed by atoms with van der Waals surface area (Å²) in [6.45, 7) is 4.84. The van der Waals surface area contributed by atoms with Gasteiger partial charge in [-0.1, -0.05) is 18.7 Å². The average Bonchev–Trinajstić information content (AvgIpc) is 3.39. The molecule has 27 heavy (non-hydrogen) atoms. The molecule has 6 nitrogen and oxygen atoms in total. The van der Waals surface area contributed by atoms with Gasteiger partial charge in [-0.05, 0) is 42.8 Å². The highest BCUT2D eigenvalue weighted by atomic mass is 32.2. The van der Waals surface area contributed by atoms with E-state index in [-0.39, 0.29) is 11.9 Å². The molecule has 0 saturated carbocycles. The van der Waals surface area contributed by atoms with Gasteiger partial charge in [0.15, 0.2) is 11.0 Å². The van der Waals surface area contributed by atoms with Crippen LogP contribution in [-0.4, -0.2) is 37.9 Å². The van der Waals surface area contributed by atoms with Crippen molar-refractivity contribution in [2.24, 2.45) is 7.05 Å². The fourth-order valence-corrected chi connectivity index (χ4v) is 5.36. The van der Waals surface area contributed by atoms with Crippen LogP contribution in [0, 0.1) is 6.92 Å². The van der Waals surface area contributed by atoms with E-state index in [9.17, 15) is 4.79 Å². The number of furan rings is 1. The summed E-state index contributed by atoms with van der Waals surface area (Å²) >= 11 is 3.24. The Balaban J connectivity index is 1.46. The van der Waals surface area contributed by atoms with E-state index in [1.807, 2.05) is 29.5 Å². The van der Waals surface area contributed by atoms with Gasteiger partial charge in [0.2, 0.25) is 5.91 Å². The molecule has 8 heteroatoms. The summed E-state index contributed by atoms with van der Waals surface area (Å²) in [7, 11) is 1.92. The number of carbonyl (C=O) groups excluding carboxylic acids is 1. The van der Waals surface area contributed by atoms with Gasteiger partial charge in [0.25, 0.3) is 0 Å². The molecule has 3 aromatic heterocycles. The van der Waals surface area contributed by atoms with Crippen LogP contribution in [-0.2, 0) is 18.3 Å². The van der Waals surface area contributed by atoms with Crippen molar-refractivity contribution in [3.05, 3.63) is 40.0 Å².